The second-order valence-corrected chi connectivity index (χ2v) is 8.53. The number of likely N-dealkylation sites (tertiary alicyclic amines) is 1. The van der Waals surface area contributed by atoms with Crippen molar-refractivity contribution in [3.8, 4) is 0 Å². The molecule has 2 heterocycles. The van der Waals surface area contributed by atoms with Crippen LogP contribution in [0.2, 0.25) is 0 Å². The predicted octanol–water partition coefficient (Wildman–Crippen LogP) is 4.34. The number of aromatic nitrogens is 3. The summed E-state index contributed by atoms with van der Waals surface area (Å²) >= 11 is 1.71. The van der Waals surface area contributed by atoms with Crippen LogP contribution >= 0.6 is 11.8 Å². The maximum Gasteiger partial charge on any atom is 0.191 e. The highest BCUT2D eigenvalue weighted by molar-refractivity contribution is 7.98. The fourth-order valence-electron chi connectivity index (χ4n) is 4.35. The van der Waals surface area contributed by atoms with Crippen LogP contribution in [0, 0.1) is 5.92 Å². The Kier molecular flexibility index (Phi) is 5.68. The lowest BCUT2D eigenvalue weighted by Gasteiger charge is -2.41. The minimum Gasteiger partial charge on any atom is -0.303 e. The molecule has 5 heteroatoms. The minimum absolute atomic E-state index is 0.438. The molecule has 0 spiro atoms. The van der Waals surface area contributed by atoms with Crippen molar-refractivity contribution >= 4 is 11.8 Å². The number of rotatable bonds is 4. The third-order valence-corrected chi connectivity index (χ3v) is 6.35. The lowest BCUT2D eigenvalue weighted by molar-refractivity contribution is 0.104. The summed E-state index contributed by atoms with van der Waals surface area (Å²) in [5.41, 5.74) is 0. The first-order chi connectivity index (χ1) is 11.1. The van der Waals surface area contributed by atoms with Crippen molar-refractivity contribution in [1.82, 2.24) is 19.7 Å². The molecule has 1 aromatic rings. The van der Waals surface area contributed by atoms with Crippen LogP contribution in [0.4, 0.5) is 0 Å². The maximum absolute atomic E-state index is 4.59. The molecule has 0 N–H and O–H groups in total. The Bertz CT molecular complexity index is 505. The van der Waals surface area contributed by atoms with Gasteiger partial charge in [0.1, 0.15) is 5.82 Å². The molecule has 1 aliphatic carbocycles. The van der Waals surface area contributed by atoms with Crippen LogP contribution in [0.1, 0.15) is 77.1 Å². The molecular weight excluding hydrogens is 304 g/mol. The molecule has 1 saturated heterocycles. The molecule has 0 unspecified atom stereocenters. The van der Waals surface area contributed by atoms with Crippen LogP contribution in [0.15, 0.2) is 5.16 Å². The molecule has 0 bridgehead atoms. The number of hydrogen-bond acceptors (Lipinski definition) is 4. The molecular formula is C18H32N4S. The summed E-state index contributed by atoms with van der Waals surface area (Å²) in [7, 11) is 0. The van der Waals surface area contributed by atoms with Crippen LogP contribution in [0.25, 0.3) is 0 Å². The summed E-state index contributed by atoms with van der Waals surface area (Å²) in [6, 6.07) is 1.25. The van der Waals surface area contributed by atoms with E-state index in [0.29, 0.717) is 12.0 Å². The van der Waals surface area contributed by atoms with E-state index in [1.807, 2.05) is 0 Å². The van der Waals surface area contributed by atoms with Crippen LogP contribution in [0.3, 0.4) is 0 Å². The third kappa shape index (κ3) is 3.76. The predicted molar refractivity (Wildman–Crippen MR) is 97.2 cm³/mol. The van der Waals surface area contributed by atoms with Crippen molar-refractivity contribution in [3.05, 3.63) is 5.82 Å². The second kappa shape index (κ2) is 7.56. The van der Waals surface area contributed by atoms with Crippen molar-refractivity contribution in [1.29, 1.82) is 0 Å². The number of nitrogens with zero attached hydrogens (tertiary/aromatic N) is 4. The first-order valence-corrected chi connectivity index (χ1v) is 10.6. The number of thioether (sulfide) groups is 1. The maximum atomic E-state index is 4.59. The topological polar surface area (TPSA) is 34.0 Å². The molecule has 3 rings (SSSR count). The summed E-state index contributed by atoms with van der Waals surface area (Å²) in [5.74, 6) is 2.71. The number of piperidine rings is 1. The molecule has 1 saturated carbocycles. The summed E-state index contributed by atoms with van der Waals surface area (Å²) < 4.78 is 2.36. The lowest BCUT2D eigenvalue weighted by Crippen LogP contribution is -2.44. The Morgan fingerprint density at radius 1 is 1.09 bits per heavy atom. The zero-order valence-electron chi connectivity index (χ0n) is 15.2. The first-order valence-electron chi connectivity index (χ1n) is 9.33. The van der Waals surface area contributed by atoms with E-state index in [1.165, 1.54) is 57.4 Å². The molecule has 1 aromatic heterocycles. The van der Waals surface area contributed by atoms with Gasteiger partial charge in [-0.1, -0.05) is 18.7 Å². The third-order valence-electron chi connectivity index (χ3n) is 5.71. The summed E-state index contributed by atoms with van der Waals surface area (Å²) in [4.78, 5) is 2.76. The standard InChI is InChI=1S/C18H32N4S/c1-13(2)22-17(19-20-18(22)23-4)15-6-5-11-21(12-15)16-9-7-14(3)8-10-16/h13-16H,5-12H2,1-4H3/t14?,15-,16?/m0/s1. The minimum atomic E-state index is 0.438. The summed E-state index contributed by atoms with van der Waals surface area (Å²) in [5, 5.41) is 10.1. The Balaban J connectivity index is 1.72. The van der Waals surface area contributed by atoms with Gasteiger partial charge < -0.3 is 4.57 Å². The summed E-state index contributed by atoms with van der Waals surface area (Å²) in [6.45, 7) is 9.36. The average molecular weight is 337 g/mol. The van der Waals surface area contributed by atoms with Gasteiger partial charge in [0, 0.05) is 24.5 Å². The van der Waals surface area contributed by atoms with Crippen LogP contribution in [-0.4, -0.2) is 45.1 Å². The van der Waals surface area contributed by atoms with Gasteiger partial charge in [0.15, 0.2) is 5.16 Å². The highest BCUT2D eigenvalue weighted by atomic mass is 32.2. The molecule has 4 nitrogen and oxygen atoms in total. The SMILES string of the molecule is CSc1nnc([C@H]2CCCN(C3CCC(C)CC3)C2)n1C(C)C. The van der Waals surface area contributed by atoms with Crippen molar-refractivity contribution in [2.45, 2.75) is 82.5 Å². The zero-order valence-corrected chi connectivity index (χ0v) is 16.0. The molecule has 130 valence electrons. The van der Waals surface area contributed by atoms with Crippen LogP contribution in [0.5, 0.6) is 0 Å². The van der Waals surface area contributed by atoms with Gasteiger partial charge in [-0.3, -0.25) is 4.90 Å². The van der Waals surface area contributed by atoms with E-state index in [9.17, 15) is 0 Å². The monoisotopic (exact) mass is 336 g/mol. The van der Waals surface area contributed by atoms with E-state index < -0.39 is 0 Å². The summed E-state index contributed by atoms with van der Waals surface area (Å²) in [6.07, 6.45) is 10.3. The number of hydrogen-bond donors (Lipinski definition) is 0. The molecule has 1 atom stereocenters. The van der Waals surface area contributed by atoms with E-state index in [1.54, 1.807) is 11.8 Å². The van der Waals surface area contributed by atoms with Crippen molar-refractivity contribution in [3.63, 3.8) is 0 Å². The first kappa shape index (κ1) is 17.3. The molecule has 1 aliphatic heterocycles. The fraction of sp³-hybridized carbons (Fsp3) is 0.889. The van der Waals surface area contributed by atoms with Gasteiger partial charge in [0.25, 0.3) is 0 Å². The van der Waals surface area contributed by atoms with E-state index in [-0.39, 0.29) is 0 Å². The molecule has 0 amide bonds. The largest absolute Gasteiger partial charge is 0.303 e. The second-order valence-electron chi connectivity index (χ2n) is 7.76. The van der Waals surface area contributed by atoms with Gasteiger partial charge in [-0.25, -0.2) is 0 Å². The van der Waals surface area contributed by atoms with E-state index in [0.717, 1.165) is 17.1 Å². The van der Waals surface area contributed by atoms with Gasteiger partial charge in [0.2, 0.25) is 0 Å². The van der Waals surface area contributed by atoms with Gasteiger partial charge in [-0.05, 0) is 71.1 Å². The normalized spacial score (nSPS) is 30.0. The smallest absolute Gasteiger partial charge is 0.191 e. The highest BCUT2D eigenvalue weighted by Gasteiger charge is 2.32. The molecule has 23 heavy (non-hydrogen) atoms. The lowest BCUT2D eigenvalue weighted by atomic mass is 9.85. The fourth-order valence-corrected chi connectivity index (χ4v) is 4.97. The van der Waals surface area contributed by atoms with Gasteiger partial charge in [-0.2, -0.15) is 0 Å². The Hall–Kier alpha value is -0.550. The average Bonchev–Trinajstić information content (AvgIpc) is 3.00. The Labute approximate surface area is 145 Å². The Morgan fingerprint density at radius 3 is 2.48 bits per heavy atom. The zero-order chi connectivity index (χ0) is 16.4. The quantitative estimate of drug-likeness (QED) is 0.766. The van der Waals surface area contributed by atoms with Gasteiger partial charge in [-0.15, -0.1) is 10.2 Å². The van der Waals surface area contributed by atoms with Crippen LogP contribution < -0.4 is 0 Å². The molecule has 0 aromatic carbocycles. The molecule has 2 fully saturated rings. The van der Waals surface area contributed by atoms with E-state index in [4.69, 9.17) is 0 Å². The Morgan fingerprint density at radius 2 is 1.83 bits per heavy atom. The van der Waals surface area contributed by atoms with Crippen LogP contribution in [-0.2, 0) is 0 Å². The highest BCUT2D eigenvalue weighted by Crippen LogP contribution is 2.34. The van der Waals surface area contributed by atoms with Gasteiger partial charge in [0.05, 0.1) is 0 Å². The van der Waals surface area contributed by atoms with Crippen molar-refractivity contribution < 1.29 is 0 Å². The van der Waals surface area contributed by atoms with Gasteiger partial charge >= 0.3 is 0 Å². The van der Waals surface area contributed by atoms with Crippen molar-refractivity contribution in [2.75, 3.05) is 19.3 Å². The molecule has 2 aliphatic rings. The molecule has 0 radical (unpaired) electrons. The van der Waals surface area contributed by atoms with Crippen molar-refractivity contribution in [2.24, 2.45) is 5.92 Å². The van der Waals surface area contributed by atoms with E-state index in [2.05, 4.69) is 46.7 Å². The van der Waals surface area contributed by atoms with E-state index >= 15 is 0 Å².